The van der Waals surface area contributed by atoms with Crippen molar-refractivity contribution in [2.75, 3.05) is 0 Å². The van der Waals surface area contributed by atoms with E-state index in [-0.39, 0.29) is 5.28 Å². The van der Waals surface area contributed by atoms with Gasteiger partial charge in [0.05, 0.1) is 0 Å². The Morgan fingerprint density at radius 3 is 2.67 bits per heavy atom. The highest BCUT2D eigenvalue weighted by molar-refractivity contribution is 6.28. The third-order valence-corrected chi connectivity index (χ3v) is 2.30. The van der Waals surface area contributed by atoms with E-state index in [2.05, 4.69) is 15.0 Å². The normalized spacial score (nSPS) is 17.4. The average Bonchev–Trinajstić information content (AvgIpc) is 1.79. The number of hydrogen-bond acceptors (Lipinski definition) is 3. The maximum Gasteiger partial charge on any atom is 0.349 e. The average molecular weight is 186 g/mol. The van der Waals surface area contributed by atoms with Crippen LogP contribution in [0, 0.1) is 0 Å². The monoisotopic (exact) mass is 185 g/mol. The Balaban J connectivity index is 2.36. The van der Waals surface area contributed by atoms with Gasteiger partial charge in [-0.2, -0.15) is 4.98 Å². The summed E-state index contributed by atoms with van der Waals surface area (Å²) in [4.78, 5) is 20.8. The van der Waals surface area contributed by atoms with E-state index in [4.69, 9.17) is 11.6 Å². The molecule has 0 radical (unpaired) electrons. The van der Waals surface area contributed by atoms with E-state index in [1.165, 1.54) is 6.42 Å². The maximum atomic E-state index is 10.9. The van der Waals surface area contributed by atoms with Crippen LogP contribution in [0.5, 0.6) is 0 Å². The zero-order valence-corrected chi connectivity index (χ0v) is 7.14. The van der Waals surface area contributed by atoms with Crippen LogP contribution in [0.15, 0.2) is 4.79 Å². The van der Waals surface area contributed by atoms with E-state index in [0.717, 1.165) is 12.8 Å². The van der Waals surface area contributed by atoms with Crippen molar-refractivity contribution in [3.05, 3.63) is 21.6 Å². The molecule has 1 N–H and O–H groups in total. The lowest BCUT2D eigenvalue weighted by Gasteiger charge is -2.23. The fourth-order valence-electron chi connectivity index (χ4n) is 1.25. The van der Waals surface area contributed by atoms with Crippen molar-refractivity contribution in [2.45, 2.75) is 25.2 Å². The zero-order chi connectivity index (χ0) is 8.55. The second-order valence-corrected chi connectivity index (χ2v) is 3.27. The van der Waals surface area contributed by atoms with Gasteiger partial charge in [-0.05, 0) is 24.4 Å². The van der Waals surface area contributed by atoms with E-state index < -0.39 is 5.69 Å². The Morgan fingerprint density at radius 2 is 2.17 bits per heavy atom. The molecule has 0 spiro atoms. The quantitative estimate of drug-likeness (QED) is 0.713. The fourth-order valence-corrected chi connectivity index (χ4v) is 1.42. The number of nitrogens with one attached hydrogen (secondary N) is 1. The summed E-state index contributed by atoms with van der Waals surface area (Å²) in [6.07, 6.45) is 3.38. The van der Waals surface area contributed by atoms with Gasteiger partial charge in [0.1, 0.15) is 5.82 Å². The Labute approximate surface area is 74.0 Å². The first-order valence-electron chi connectivity index (χ1n) is 3.89. The molecule has 5 heteroatoms. The molecule has 1 fully saturated rings. The number of aromatic amines is 1. The molecule has 2 rings (SSSR count). The predicted octanol–water partition coefficient (Wildman–Crippen LogP) is 1.09. The number of aromatic nitrogens is 3. The molecule has 0 aliphatic heterocycles. The zero-order valence-electron chi connectivity index (χ0n) is 6.38. The third-order valence-electron chi connectivity index (χ3n) is 2.13. The van der Waals surface area contributed by atoms with E-state index in [9.17, 15) is 4.79 Å². The molecule has 1 aliphatic rings. The van der Waals surface area contributed by atoms with Gasteiger partial charge < -0.3 is 0 Å². The van der Waals surface area contributed by atoms with E-state index in [1.54, 1.807) is 0 Å². The minimum atomic E-state index is -0.406. The van der Waals surface area contributed by atoms with E-state index in [0.29, 0.717) is 11.7 Å². The highest BCUT2D eigenvalue weighted by atomic mass is 35.5. The molecule has 4 nitrogen and oxygen atoms in total. The van der Waals surface area contributed by atoms with E-state index >= 15 is 0 Å². The maximum absolute atomic E-state index is 10.9. The van der Waals surface area contributed by atoms with Gasteiger partial charge in [-0.1, -0.05) is 6.42 Å². The highest BCUT2D eigenvalue weighted by Crippen LogP contribution is 2.33. The van der Waals surface area contributed by atoms with Crippen molar-refractivity contribution in [1.82, 2.24) is 15.0 Å². The standard InChI is InChI=1S/C7H8ClN3O/c8-6-9-5(4-2-1-3-4)10-7(12)11-6/h4H,1-3H2,(H,9,10,11,12). The van der Waals surface area contributed by atoms with Crippen LogP contribution in [0.4, 0.5) is 0 Å². The Bertz CT molecular complexity index is 345. The minimum absolute atomic E-state index is 0.0423. The Kier molecular flexibility index (Phi) is 1.84. The van der Waals surface area contributed by atoms with Gasteiger partial charge in [0.2, 0.25) is 5.28 Å². The second kappa shape index (κ2) is 2.86. The lowest BCUT2D eigenvalue weighted by molar-refractivity contribution is 0.399. The summed E-state index contributed by atoms with van der Waals surface area (Å²) >= 11 is 5.53. The smallest absolute Gasteiger partial charge is 0.294 e. The van der Waals surface area contributed by atoms with Crippen molar-refractivity contribution in [3.63, 3.8) is 0 Å². The van der Waals surface area contributed by atoms with Crippen LogP contribution in [0.2, 0.25) is 5.28 Å². The molecule has 0 saturated heterocycles. The predicted molar refractivity (Wildman–Crippen MR) is 44.3 cm³/mol. The summed E-state index contributed by atoms with van der Waals surface area (Å²) in [5, 5.41) is 0.0423. The molecule has 1 aliphatic carbocycles. The molecule has 12 heavy (non-hydrogen) atoms. The van der Waals surface area contributed by atoms with Gasteiger partial charge in [-0.3, -0.25) is 4.98 Å². The van der Waals surface area contributed by atoms with Crippen LogP contribution in [-0.4, -0.2) is 15.0 Å². The van der Waals surface area contributed by atoms with Crippen LogP contribution in [0.3, 0.4) is 0 Å². The summed E-state index contributed by atoms with van der Waals surface area (Å²) in [6, 6.07) is 0. The van der Waals surface area contributed by atoms with Gasteiger partial charge in [0.15, 0.2) is 0 Å². The van der Waals surface area contributed by atoms with Gasteiger partial charge in [0.25, 0.3) is 0 Å². The highest BCUT2D eigenvalue weighted by Gasteiger charge is 2.22. The lowest BCUT2D eigenvalue weighted by Crippen LogP contribution is -2.20. The molecular formula is C7H8ClN3O. The molecule has 64 valence electrons. The molecular weight excluding hydrogens is 178 g/mol. The fraction of sp³-hybridized carbons (Fsp3) is 0.571. The molecule has 0 amide bonds. The molecule has 1 heterocycles. The number of halogens is 1. The van der Waals surface area contributed by atoms with Crippen LogP contribution >= 0.6 is 11.6 Å². The summed E-state index contributed by atoms with van der Waals surface area (Å²) in [5.41, 5.74) is -0.406. The number of nitrogens with zero attached hydrogens (tertiary/aromatic N) is 2. The number of H-pyrrole nitrogens is 1. The second-order valence-electron chi connectivity index (χ2n) is 2.94. The topological polar surface area (TPSA) is 58.6 Å². The van der Waals surface area contributed by atoms with Gasteiger partial charge in [-0.25, -0.2) is 9.78 Å². The molecule has 0 aromatic carbocycles. The Hall–Kier alpha value is -0.900. The van der Waals surface area contributed by atoms with Crippen molar-refractivity contribution in [3.8, 4) is 0 Å². The Morgan fingerprint density at radius 1 is 1.42 bits per heavy atom. The van der Waals surface area contributed by atoms with Crippen molar-refractivity contribution in [2.24, 2.45) is 0 Å². The number of rotatable bonds is 1. The SMILES string of the molecule is O=c1nc(Cl)nc(C2CCC2)[nH]1. The summed E-state index contributed by atoms with van der Waals surface area (Å²) in [7, 11) is 0. The van der Waals surface area contributed by atoms with Crippen molar-refractivity contribution in [1.29, 1.82) is 0 Å². The first-order chi connectivity index (χ1) is 5.75. The molecule has 0 unspecified atom stereocenters. The van der Waals surface area contributed by atoms with Crippen LogP contribution < -0.4 is 5.69 Å². The third kappa shape index (κ3) is 1.34. The van der Waals surface area contributed by atoms with Crippen LogP contribution in [0.1, 0.15) is 31.0 Å². The molecule has 0 atom stereocenters. The largest absolute Gasteiger partial charge is 0.349 e. The first-order valence-corrected chi connectivity index (χ1v) is 4.27. The lowest BCUT2D eigenvalue weighted by atomic mass is 9.85. The summed E-state index contributed by atoms with van der Waals surface area (Å²) in [5.74, 6) is 1.07. The molecule has 1 aromatic rings. The van der Waals surface area contributed by atoms with Crippen molar-refractivity contribution >= 4 is 11.6 Å². The first kappa shape index (κ1) is 7.73. The molecule has 0 bridgehead atoms. The molecule has 1 saturated carbocycles. The van der Waals surface area contributed by atoms with Crippen molar-refractivity contribution < 1.29 is 0 Å². The summed E-state index contributed by atoms with van der Waals surface area (Å²) in [6.45, 7) is 0. The van der Waals surface area contributed by atoms with E-state index in [1.807, 2.05) is 0 Å². The minimum Gasteiger partial charge on any atom is -0.294 e. The molecule has 1 aromatic heterocycles. The van der Waals surface area contributed by atoms with Crippen LogP contribution in [0.25, 0.3) is 0 Å². The number of hydrogen-bond donors (Lipinski definition) is 1. The van der Waals surface area contributed by atoms with Gasteiger partial charge in [0, 0.05) is 5.92 Å². The van der Waals surface area contributed by atoms with Gasteiger partial charge >= 0.3 is 5.69 Å². The van der Waals surface area contributed by atoms with Gasteiger partial charge in [-0.15, -0.1) is 0 Å². The van der Waals surface area contributed by atoms with Crippen LogP contribution in [-0.2, 0) is 0 Å². The summed E-state index contributed by atoms with van der Waals surface area (Å²) < 4.78 is 0.